The molecule has 0 spiro atoms. The van der Waals surface area contributed by atoms with Crippen LogP contribution < -0.4 is 5.32 Å². The Kier molecular flexibility index (Phi) is 5.47. The highest BCUT2D eigenvalue weighted by Crippen LogP contribution is 2.24. The number of piperidine rings is 1. The Labute approximate surface area is 142 Å². The lowest BCUT2D eigenvalue weighted by Gasteiger charge is -2.35. The number of likely N-dealkylation sites (tertiary alicyclic amines) is 1. The molecule has 1 atom stereocenters. The predicted molar refractivity (Wildman–Crippen MR) is 96.0 cm³/mol. The van der Waals surface area contributed by atoms with Crippen LogP contribution in [0.3, 0.4) is 0 Å². The Hall–Kier alpha value is -1.65. The molecule has 122 valence electrons. The predicted octanol–water partition coefficient (Wildman–Crippen LogP) is 4.01. The lowest BCUT2D eigenvalue weighted by molar-refractivity contribution is 0.0928. The highest BCUT2D eigenvalue weighted by Gasteiger charge is 2.23. The van der Waals surface area contributed by atoms with Crippen LogP contribution in [0.15, 0.2) is 41.8 Å². The maximum absolute atomic E-state index is 12.3. The van der Waals surface area contributed by atoms with E-state index in [4.69, 9.17) is 0 Å². The average Bonchev–Trinajstić information content (AvgIpc) is 3.12. The molecule has 2 heterocycles. The van der Waals surface area contributed by atoms with E-state index in [2.05, 4.69) is 41.4 Å². The summed E-state index contributed by atoms with van der Waals surface area (Å²) in [7, 11) is 0. The van der Waals surface area contributed by atoms with Gasteiger partial charge in [-0.05, 0) is 49.9 Å². The monoisotopic (exact) mass is 328 g/mol. The van der Waals surface area contributed by atoms with Gasteiger partial charge in [0.15, 0.2) is 0 Å². The minimum atomic E-state index is 0.0362. The molecule has 1 unspecified atom stereocenters. The fraction of sp³-hybridized carbons (Fsp3) is 0.421. The maximum Gasteiger partial charge on any atom is 0.261 e. The second-order valence-electron chi connectivity index (χ2n) is 6.21. The van der Waals surface area contributed by atoms with Crippen LogP contribution in [0.25, 0.3) is 0 Å². The van der Waals surface area contributed by atoms with Crippen molar-refractivity contribution in [3.05, 3.63) is 57.8 Å². The van der Waals surface area contributed by atoms with Crippen LogP contribution in [0.1, 0.15) is 46.1 Å². The number of carbonyl (C=O) groups is 1. The van der Waals surface area contributed by atoms with E-state index in [-0.39, 0.29) is 11.9 Å². The van der Waals surface area contributed by atoms with Crippen molar-refractivity contribution in [1.29, 1.82) is 0 Å². The van der Waals surface area contributed by atoms with Gasteiger partial charge < -0.3 is 5.32 Å². The van der Waals surface area contributed by atoms with E-state index in [1.54, 1.807) is 0 Å². The van der Waals surface area contributed by atoms with Crippen molar-refractivity contribution < 1.29 is 4.79 Å². The van der Waals surface area contributed by atoms with Gasteiger partial charge in [0.1, 0.15) is 0 Å². The van der Waals surface area contributed by atoms with Crippen LogP contribution in [0.5, 0.6) is 0 Å². The van der Waals surface area contributed by atoms with Gasteiger partial charge in [0.2, 0.25) is 0 Å². The summed E-state index contributed by atoms with van der Waals surface area (Å²) in [5.74, 6) is 0.0362. The summed E-state index contributed by atoms with van der Waals surface area (Å²) in [4.78, 5) is 15.6. The van der Waals surface area contributed by atoms with Gasteiger partial charge in [0, 0.05) is 6.54 Å². The van der Waals surface area contributed by atoms with E-state index >= 15 is 0 Å². The second-order valence-corrected chi connectivity index (χ2v) is 7.16. The van der Waals surface area contributed by atoms with E-state index in [1.807, 2.05) is 17.5 Å². The number of amides is 1. The van der Waals surface area contributed by atoms with Crippen molar-refractivity contribution in [2.24, 2.45) is 0 Å². The van der Waals surface area contributed by atoms with Gasteiger partial charge in [-0.1, -0.05) is 42.3 Å². The molecule has 3 rings (SSSR count). The van der Waals surface area contributed by atoms with Gasteiger partial charge in [-0.2, -0.15) is 0 Å². The quantitative estimate of drug-likeness (QED) is 0.899. The Balaban J connectivity index is 1.72. The zero-order chi connectivity index (χ0) is 16.1. The first-order valence-corrected chi connectivity index (χ1v) is 9.24. The zero-order valence-corrected chi connectivity index (χ0v) is 14.4. The first kappa shape index (κ1) is 16.2. The Bertz CT molecular complexity index is 615. The molecule has 1 amide bonds. The summed E-state index contributed by atoms with van der Waals surface area (Å²) in [6.07, 6.45) is 3.82. The largest absolute Gasteiger partial charge is 0.349 e. The van der Waals surface area contributed by atoms with Crippen molar-refractivity contribution in [2.75, 3.05) is 19.6 Å². The van der Waals surface area contributed by atoms with E-state index in [9.17, 15) is 4.79 Å². The molecule has 0 aliphatic carbocycles. The fourth-order valence-electron chi connectivity index (χ4n) is 3.16. The van der Waals surface area contributed by atoms with Crippen LogP contribution in [-0.2, 0) is 0 Å². The first-order valence-electron chi connectivity index (χ1n) is 8.36. The third kappa shape index (κ3) is 4.21. The number of carbonyl (C=O) groups excluding carboxylic acids is 1. The van der Waals surface area contributed by atoms with Crippen LogP contribution in [0, 0.1) is 6.92 Å². The fourth-order valence-corrected chi connectivity index (χ4v) is 3.80. The number of aryl methyl sites for hydroxylation is 1. The minimum Gasteiger partial charge on any atom is -0.349 e. The highest BCUT2D eigenvalue weighted by atomic mass is 32.1. The Morgan fingerprint density at radius 2 is 1.91 bits per heavy atom. The second kappa shape index (κ2) is 7.75. The number of nitrogens with zero attached hydrogens (tertiary/aromatic N) is 1. The Morgan fingerprint density at radius 1 is 1.17 bits per heavy atom. The molecule has 1 saturated heterocycles. The maximum atomic E-state index is 12.3. The Morgan fingerprint density at radius 3 is 2.57 bits per heavy atom. The number of benzene rings is 1. The smallest absolute Gasteiger partial charge is 0.261 e. The average molecular weight is 328 g/mol. The van der Waals surface area contributed by atoms with Gasteiger partial charge in [0.25, 0.3) is 5.91 Å². The molecular formula is C19H24N2OS. The standard InChI is InChI=1S/C19H24N2OS/c1-15-7-9-16(10-8-15)17(21-11-3-2-4-12-21)14-20-19(22)18-6-5-13-23-18/h5-10,13,17H,2-4,11-12,14H2,1H3,(H,20,22). The van der Waals surface area contributed by atoms with Crippen LogP contribution in [-0.4, -0.2) is 30.4 Å². The molecule has 0 bridgehead atoms. The normalized spacial score (nSPS) is 16.9. The van der Waals surface area contributed by atoms with Crippen molar-refractivity contribution in [3.63, 3.8) is 0 Å². The van der Waals surface area contributed by atoms with E-state index < -0.39 is 0 Å². The summed E-state index contributed by atoms with van der Waals surface area (Å²) in [6.45, 7) is 5.01. The summed E-state index contributed by atoms with van der Waals surface area (Å²) in [6, 6.07) is 12.8. The van der Waals surface area contributed by atoms with Gasteiger partial charge in [-0.15, -0.1) is 11.3 Å². The number of rotatable bonds is 5. The third-order valence-electron chi connectivity index (χ3n) is 4.49. The molecular weight excluding hydrogens is 304 g/mol. The summed E-state index contributed by atoms with van der Waals surface area (Å²) in [5, 5.41) is 5.07. The number of thiophene rings is 1. The SMILES string of the molecule is Cc1ccc(C(CNC(=O)c2cccs2)N2CCCCC2)cc1. The van der Waals surface area contributed by atoms with Gasteiger partial charge in [-0.25, -0.2) is 0 Å². The van der Waals surface area contributed by atoms with E-state index in [1.165, 1.54) is 41.7 Å². The van der Waals surface area contributed by atoms with E-state index in [0.717, 1.165) is 18.0 Å². The van der Waals surface area contributed by atoms with Gasteiger partial charge in [-0.3, -0.25) is 9.69 Å². The molecule has 3 nitrogen and oxygen atoms in total. The molecule has 23 heavy (non-hydrogen) atoms. The number of hydrogen-bond acceptors (Lipinski definition) is 3. The summed E-state index contributed by atoms with van der Waals surface area (Å²) < 4.78 is 0. The highest BCUT2D eigenvalue weighted by molar-refractivity contribution is 7.12. The molecule has 0 radical (unpaired) electrons. The minimum absolute atomic E-state index is 0.0362. The first-order chi connectivity index (χ1) is 11.2. The van der Waals surface area contributed by atoms with Crippen molar-refractivity contribution in [1.82, 2.24) is 10.2 Å². The molecule has 1 aliphatic heterocycles. The van der Waals surface area contributed by atoms with Crippen LogP contribution >= 0.6 is 11.3 Å². The van der Waals surface area contributed by atoms with E-state index in [0.29, 0.717) is 6.54 Å². The molecule has 1 fully saturated rings. The molecule has 1 aliphatic rings. The van der Waals surface area contributed by atoms with Crippen molar-refractivity contribution in [3.8, 4) is 0 Å². The molecule has 2 aromatic rings. The van der Waals surface area contributed by atoms with Crippen molar-refractivity contribution in [2.45, 2.75) is 32.2 Å². The lowest BCUT2D eigenvalue weighted by atomic mass is 10.0. The molecule has 0 saturated carbocycles. The van der Waals surface area contributed by atoms with Crippen molar-refractivity contribution >= 4 is 17.2 Å². The topological polar surface area (TPSA) is 32.3 Å². The number of hydrogen-bond donors (Lipinski definition) is 1. The van der Waals surface area contributed by atoms with Crippen LogP contribution in [0.2, 0.25) is 0 Å². The lowest BCUT2D eigenvalue weighted by Crippen LogP contribution is -2.40. The number of nitrogens with one attached hydrogen (secondary N) is 1. The summed E-state index contributed by atoms with van der Waals surface area (Å²) in [5.41, 5.74) is 2.57. The summed E-state index contributed by atoms with van der Waals surface area (Å²) >= 11 is 1.49. The van der Waals surface area contributed by atoms with Gasteiger partial charge >= 0.3 is 0 Å². The molecule has 1 aromatic carbocycles. The third-order valence-corrected chi connectivity index (χ3v) is 5.36. The molecule has 4 heteroatoms. The molecule has 1 N–H and O–H groups in total. The van der Waals surface area contributed by atoms with Crippen LogP contribution in [0.4, 0.5) is 0 Å². The zero-order valence-electron chi connectivity index (χ0n) is 13.6. The molecule has 1 aromatic heterocycles. The van der Waals surface area contributed by atoms with Gasteiger partial charge in [0.05, 0.1) is 10.9 Å².